The molecule has 1 aliphatic heterocycles. The van der Waals surface area contributed by atoms with E-state index >= 15 is 0 Å². The van der Waals surface area contributed by atoms with Crippen LogP contribution in [0.4, 0.5) is 0 Å². The summed E-state index contributed by atoms with van der Waals surface area (Å²) in [7, 11) is -2.02. The Bertz CT molecular complexity index is 684. The van der Waals surface area contributed by atoms with Gasteiger partial charge in [0.2, 0.25) is 10.0 Å². The third kappa shape index (κ3) is 4.30. The highest BCUT2D eigenvalue weighted by Gasteiger charge is 2.33. The zero-order chi connectivity index (χ0) is 16.9. The Kier molecular flexibility index (Phi) is 5.76. The van der Waals surface area contributed by atoms with E-state index in [1.807, 2.05) is 6.07 Å². The van der Waals surface area contributed by atoms with Crippen molar-refractivity contribution in [2.24, 2.45) is 5.41 Å². The molecule has 23 heavy (non-hydrogen) atoms. The van der Waals surface area contributed by atoms with Crippen LogP contribution in [-0.2, 0) is 14.8 Å². The summed E-state index contributed by atoms with van der Waals surface area (Å²) in [4.78, 5) is 0.165. The third-order valence-corrected chi connectivity index (χ3v) is 5.90. The standard InChI is InChI=1S/C16H23N3O3S/c1-13-3-4-14(10-17)9-15(13)23(20,21)19-11-16(12-22-2)5-7-18-8-6-16/h3-4,9,18-19H,5-8,11-12H2,1-2H3. The molecule has 1 fully saturated rings. The van der Waals surface area contributed by atoms with E-state index in [0.717, 1.165) is 25.9 Å². The summed E-state index contributed by atoms with van der Waals surface area (Å²) in [6.07, 6.45) is 1.72. The van der Waals surface area contributed by atoms with Gasteiger partial charge in [0.15, 0.2) is 0 Å². The lowest BCUT2D eigenvalue weighted by atomic mass is 9.80. The van der Waals surface area contributed by atoms with Crippen molar-refractivity contribution in [2.45, 2.75) is 24.7 Å². The van der Waals surface area contributed by atoms with Gasteiger partial charge in [-0.2, -0.15) is 5.26 Å². The van der Waals surface area contributed by atoms with E-state index in [2.05, 4.69) is 10.0 Å². The quantitative estimate of drug-likeness (QED) is 0.813. The molecule has 1 aliphatic rings. The van der Waals surface area contributed by atoms with Gasteiger partial charge in [0, 0.05) is 19.1 Å². The number of ether oxygens (including phenoxy) is 1. The average Bonchev–Trinajstić information content (AvgIpc) is 2.55. The first kappa shape index (κ1) is 17.9. The maximum absolute atomic E-state index is 12.6. The van der Waals surface area contributed by atoms with E-state index in [1.54, 1.807) is 26.2 Å². The normalized spacial score (nSPS) is 17.6. The average molecular weight is 337 g/mol. The van der Waals surface area contributed by atoms with Crippen LogP contribution in [-0.4, -0.2) is 41.8 Å². The molecule has 0 unspecified atom stereocenters. The molecule has 0 amide bonds. The molecule has 0 atom stereocenters. The fraction of sp³-hybridized carbons (Fsp3) is 0.562. The minimum atomic E-state index is -3.66. The molecule has 6 nitrogen and oxygen atoms in total. The van der Waals surface area contributed by atoms with Crippen LogP contribution >= 0.6 is 0 Å². The second-order valence-corrected chi connectivity index (χ2v) is 7.84. The van der Waals surface area contributed by atoms with Crippen molar-refractivity contribution in [3.05, 3.63) is 29.3 Å². The highest BCUT2D eigenvalue weighted by Crippen LogP contribution is 2.29. The number of sulfonamides is 1. The van der Waals surface area contributed by atoms with Gasteiger partial charge >= 0.3 is 0 Å². The molecule has 7 heteroatoms. The fourth-order valence-electron chi connectivity index (χ4n) is 2.92. The molecule has 0 saturated carbocycles. The molecule has 0 aromatic heterocycles. The predicted octanol–water partition coefficient (Wildman–Crippen LogP) is 1.16. The molecular formula is C16H23N3O3S. The minimum absolute atomic E-state index is 0.165. The minimum Gasteiger partial charge on any atom is -0.384 e. The van der Waals surface area contributed by atoms with Gasteiger partial charge in [-0.15, -0.1) is 0 Å². The van der Waals surface area contributed by atoms with Crippen molar-refractivity contribution >= 4 is 10.0 Å². The first-order valence-corrected chi connectivity index (χ1v) is 9.11. The highest BCUT2D eigenvalue weighted by molar-refractivity contribution is 7.89. The summed E-state index contributed by atoms with van der Waals surface area (Å²) in [6, 6.07) is 6.67. The van der Waals surface area contributed by atoms with E-state index in [-0.39, 0.29) is 10.3 Å². The lowest BCUT2D eigenvalue weighted by Crippen LogP contribution is -2.47. The summed E-state index contributed by atoms with van der Waals surface area (Å²) in [6.45, 7) is 4.29. The Morgan fingerprint density at radius 1 is 1.39 bits per heavy atom. The molecule has 1 saturated heterocycles. The van der Waals surface area contributed by atoms with Crippen LogP contribution in [0.1, 0.15) is 24.0 Å². The van der Waals surface area contributed by atoms with Gasteiger partial charge in [0.25, 0.3) is 0 Å². The van der Waals surface area contributed by atoms with E-state index < -0.39 is 10.0 Å². The lowest BCUT2D eigenvalue weighted by molar-refractivity contribution is 0.0577. The molecule has 0 radical (unpaired) electrons. The molecule has 0 bridgehead atoms. The molecule has 2 rings (SSSR count). The van der Waals surface area contributed by atoms with Crippen molar-refractivity contribution in [1.29, 1.82) is 5.26 Å². The van der Waals surface area contributed by atoms with Crippen molar-refractivity contribution in [1.82, 2.24) is 10.0 Å². The molecule has 2 N–H and O–H groups in total. The Labute approximate surface area is 137 Å². The van der Waals surface area contributed by atoms with Crippen LogP contribution in [0.15, 0.2) is 23.1 Å². The molecule has 1 aromatic carbocycles. The number of aryl methyl sites for hydroxylation is 1. The Balaban J connectivity index is 2.19. The Morgan fingerprint density at radius 3 is 2.70 bits per heavy atom. The number of rotatable bonds is 6. The first-order valence-electron chi connectivity index (χ1n) is 7.63. The molecule has 0 aliphatic carbocycles. The summed E-state index contributed by atoms with van der Waals surface area (Å²) >= 11 is 0. The Hall–Kier alpha value is -1.46. The van der Waals surface area contributed by atoms with E-state index in [0.29, 0.717) is 24.3 Å². The highest BCUT2D eigenvalue weighted by atomic mass is 32.2. The molecule has 0 spiro atoms. The van der Waals surface area contributed by atoms with E-state index in [9.17, 15) is 8.42 Å². The van der Waals surface area contributed by atoms with Crippen molar-refractivity contribution in [2.75, 3.05) is 33.4 Å². The molecule has 1 aromatic rings. The zero-order valence-corrected chi connectivity index (χ0v) is 14.4. The zero-order valence-electron chi connectivity index (χ0n) is 13.6. The Morgan fingerprint density at radius 2 is 2.09 bits per heavy atom. The van der Waals surface area contributed by atoms with Crippen LogP contribution in [0.5, 0.6) is 0 Å². The number of nitriles is 1. The number of nitrogens with one attached hydrogen (secondary N) is 2. The molecule has 126 valence electrons. The van der Waals surface area contributed by atoms with Gasteiger partial charge in [0.05, 0.1) is 23.1 Å². The third-order valence-electron chi connectivity index (χ3n) is 4.36. The number of hydrogen-bond acceptors (Lipinski definition) is 5. The van der Waals surface area contributed by atoms with Gasteiger partial charge in [-0.1, -0.05) is 6.07 Å². The van der Waals surface area contributed by atoms with Gasteiger partial charge < -0.3 is 10.1 Å². The monoisotopic (exact) mass is 337 g/mol. The maximum atomic E-state index is 12.6. The van der Waals surface area contributed by atoms with Gasteiger partial charge in [0.1, 0.15) is 0 Å². The van der Waals surface area contributed by atoms with Crippen LogP contribution in [0, 0.1) is 23.7 Å². The number of benzene rings is 1. The molecule has 1 heterocycles. The van der Waals surface area contributed by atoms with Crippen LogP contribution in [0.3, 0.4) is 0 Å². The lowest BCUT2D eigenvalue weighted by Gasteiger charge is -2.37. The maximum Gasteiger partial charge on any atom is 0.240 e. The van der Waals surface area contributed by atoms with Crippen molar-refractivity contribution < 1.29 is 13.2 Å². The van der Waals surface area contributed by atoms with E-state index in [4.69, 9.17) is 10.00 Å². The van der Waals surface area contributed by atoms with Crippen LogP contribution in [0.25, 0.3) is 0 Å². The van der Waals surface area contributed by atoms with Crippen molar-refractivity contribution in [3.8, 4) is 6.07 Å². The largest absolute Gasteiger partial charge is 0.384 e. The SMILES string of the molecule is COCC1(CNS(=O)(=O)c2cc(C#N)ccc2C)CCNCC1. The summed E-state index contributed by atoms with van der Waals surface area (Å²) in [5, 5.41) is 12.3. The fourth-order valence-corrected chi connectivity index (χ4v) is 4.35. The smallest absolute Gasteiger partial charge is 0.240 e. The topological polar surface area (TPSA) is 91.2 Å². The summed E-state index contributed by atoms with van der Waals surface area (Å²) in [5.74, 6) is 0. The van der Waals surface area contributed by atoms with Crippen LogP contribution < -0.4 is 10.0 Å². The number of nitrogens with zero attached hydrogens (tertiary/aromatic N) is 1. The van der Waals surface area contributed by atoms with Crippen LogP contribution in [0.2, 0.25) is 0 Å². The first-order chi connectivity index (χ1) is 10.9. The number of methoxy groups -OCH3 is 1. The molecular weight excluding hydrogens is 314 g/mol. The van der Waals surface area contributed by atoms with Gasteiger partial charge in [-0.3, -0.25) is 0 Å². The second-order valence-electron chi connectivity index (χ2n) is 6.10. The predicted molar refractivity (Wildman–Crippen MR) is 87.5 cm³/mol. The number of piperidine rings is 1. The van der Waals surface area contributed by atoms with Gasteiger partial charge in [-0.05, 0) is 50.6 Å². The summed E-state index contributed by atoms with van der Waals surface area (Å²) in [5.41, 5.74) is 0.778. The van der Waals surface area contributed by atoms with Gasteiger partial charge in [-0.25, -0.2) is 13.1 Å². The van der Waals surface area contributed by atoms with Crippen molar-refractivity contribution in [3.63, 3.8) is 0 Å². The summed E-state index contributed by atoms with van der Waals surface area (Å²) < 4.78 is 33.3. The number of hydrogen-bond donors (Lipinski definition) is 2. The van der Waals surface area contributed by atoms with E-state index in [1.165, 1.54) is 6.07 Å². The second kappa shape index (κ2) is 7.41.